The number of methoxy groups -OCH3 is 1. The Bertz CT molecular complexity index is 839. The first kappa shape index (κ1) is 19.7. The van der Waals surface area contributed by atoms with Crippen LogP contribution >= 0.6 is 0 Å². The lowest BCUT2D eigenvalue weighted by molar-refractivity contribution is -0.122. The number of hydrogen-bond donors (Lipinski definition) is 4. The molecule has 1 fully saturated rings. The molecule has 0 spiro atoms. The Balaban J connectivity index is 1.53. The first-order valence-corrected chi connectivity index (χ1v) is 9.04. The molecular weight excluding hydrogens is 360 g/mol. The lowest BCUT2D eigenvalue weighted by atomic mass is 10.0. The molecule has 0 saturated carbocycles. The highest BCUT2D eigenvalue weighted by Gasteiger charge is 2.30. The number of hydrazine groups is 1. The van der Waals surface area contributed by atoms with Gasteiger partial charge in [0.1, 0.15) is 11.8 Å². The standard InChI is InChI=1S/C20H24N4O4/c1-3-28-15-7-5-14(6-8-15)16-11-17(23-22-16)20(26)24-21-12-13-4-9-18(25)19(10-13)27-2/h4-10,12,16-17,22-23,25H,3,11H2,1-2H3,(H,24,26)/b21-12+. The molecule has 1 heterocycles. The zero-order chi connectivity index (χ0) is 19.9. The number of phenolic OH excluding ortho intramolecular Hbond substituents is 1. The number of carbonyl (C=O) groups is 1. The maximum absolute atomic E-state index is 12.3. The van der Waals surface area contributed by atoms with E-state index in [2.05, 4.69) is 21.4 Å². The zero-order valence-corrected chi connectivity index (χ0v) is 15.8. The molecule has 4 N–H and O–H groups in total. The van der Waals surface area contributed by atoms with Gasteiger partial charge in [-0.25, -0.2) is 16.3 Å². The molecule has 3 rings (SSSR count). The highest BCUT2D eigenvalue weighted by molar-refractivity contribution is 5.85. The molecule has 0 bridgehead atoms. The minimum Gasteiger partial charge on any atom is -0.504 e. The zero-order valence-electron chi connectivity index (χ0n) is 15.8. The summed E-state index contributed by atoms with van der Waals surface area (Å²) in [6.45, 7) is 2.57. The minimum absolute atomic E-state index is 0.0248. The Hall–Kier alpha value is -3.10. The smallest absolute Gasteiger partial charge is 0.258 e. The van der Waals surface area contributed by atoms with Gasteiger partial charge in [0.2, 0.25) is 0 Å². The Morgan fingerprint density at radius 1 is 1.29 bits per heavy atom. The van der Waals surface area contributed by atoms with E-state index in [9.17, 15) is 9.90 Å². The molecule has 2 unspecified atom stereocenters. The molecule has 1 amide bonds. The van der Waals surface area contributed by atoms with Crippen molar-refractivity contribution in [3.8, 4) is 17.2 Å². The van der Waals surface area contributed by atoms with E-state index in [0.29, 0.717) is 24.3 Å². The van der Waals surface area contributed by atoms with Gasteiger partial charge in [-0.2, -0.15) is 5.10 Å². The van der Waals surface area contributed by atoms with Crippen LogP contribution < -0.4 is 25.8 Å². The molecule has 2 aromatic rings. The van der Waals surface area contributed by atoms with Crippen LogP contribution in [0.1, 0.15) is 30.5 Å². The van der Waals surface area contributed by atoms with Gasteiger partial charge >= 0.3 is 0 Å². The lowest BCUT2D eigenvalue weighted by Crippen LogP contribution is -2.41. The fourth-order valence-electron chi connectivity index (χ4n) is 2.93. The molecule has 1 aliphatic heterocycles. The van der Waals surface area contributed by atoms with Gasteiger partial charge in [-0.1, -0.05) is 12.1 Å². The van der Waals surface area contributed by atoms with Crippen LogP contribution in [0.2, 0.25) is 0 Å². The number of hydrazone groups is 1. The second-order valence-electron chi connectivity index (χ2n) is 6.30. The minimum atomic E-state index is -0.400. The molecular formula is C20H24N4O4. The first-order chi connectivity index (χ1) is 13.6. The summed E-state index contributed by atoms with van der Waals surface area (Å²) in [5, 5.41) is 13.6. The summed E-state index contributed by atoms with van der Waals surface area (Å²) in [6.07, 6.45) is 2.09. The van der Waals surface area contributed by atoms with E-state index in [4.69, 9.17) is 9.47 Å². The summed E-state index contributed by atoms with van der Waals surface area (Å²) in [7, 11) is 1.47. The maximum Gasteiger partial charge on any atom is 0.258 e. The molecule has 0 aliphatic carbocycles. The molecule has 8 heteroatoms. The summed E-state index contributed by atoms with van der Waals surface area (Å²) in [5.41, 5.74) is 10.4. The van der Waals surface area contributed by atoms with Gasteiger partial charge < -0.3 is 14.6 Å². The van der Waals surface area contributed by atoms with Crippen molar-refractivity contribution in [2.75, 3.05) is 13.7 Å². The monoisotopic (exact) mass is 384 g/mol. The number of rotatable bonds is 7. The van der Waals surface area contributed by atoms with Crippen molar-refractivity contribution in [3.05, 3.63) is 53.6 Å². The van der Waals surface area contributed by atoms with Gasteiger partial charge in [-0.15, -0.1) is 0 Å². The second kappa shape index (κ2) is 9.20. The SMILES string of the molecule is CCOc1ccc(C2CC(C(=O)N/N=C/c3ccc(O)c(OC)c3)NN2)cc1. The third-order valence-corrected chi connectivity index (χ3v) is 4.41. The number of nitrogens with one attached hydrogen (secondary N) is 3. The van der Waals surface area contributed by atoms with Crippen LogP contribution in [0.15, 0.2) is 47.6 Å². The number of nitrogens with zero attached hydrogens (tertiary/aromatic N) is 1. The number of benzene rings is 2. The highest BCUT2D eigenvalue weighted by atomic mass is 16.5. The number of aromatic hydroxyl groups is 1. The van der Waals surface area contributed by atoms with Crippen molar-refractivity contribution in [1.29, 1.82) is 0 Å². The van der Waals surface area contributed by atoms with Gasteiger partial charge in [-0.05, 0) is 54.8 Å². The number of carbonyl (C=O) groups excluding carboxylic acids is 1. The third kappa shape index (κ3) is 4.79. The molecule has 1 aliphatic rings. The maximum atomic E-state index is 12.3. The summed E-state index contributed by atoms with van der Waals surface area (Å²) in [6, 6.07) is 12.2. The van der Waals surface area contributed by atoms with Crippen molar-refractivity contribution in [1.82, 2.24) is 16.3 Å². The Morgan fingerprint density at radius 2 is 2.07 bits per heavy atom. The van der Waals surface area contributed by atoms with Crippen LogP contribution in [0.25, 0.3) is 0 Å². The molecule has 148 valence electrons. The molecule has 0 aromatic heterocycles. The van der Waals surface area contributed by atoms with E-state index in [1.807, 2.05) is 31.2 Å². The first-order valence-electron chi connectivity index (χ1n) is 9.04. The van der Waals surface area contributed by atoms with Gasteiger partial charge in [0.15, 0.2) is 11.5 Å². The average molecular weight is 384 g/mol. The van der Waals surface area contributed by atoms with Gasteiger partial charge in [0.05, 0.1) is 19.9 Å². The molecule has 2 atom stereocenters. The topological polar surface area (TPSA) is 104 Å². The van der Waals surface area contributed by atoms with Crippen LogP contribution in [-0.2, 0) is 4.79 Å². The van der Waals surface area contributed by atoms with Crippen molar-refractivity contribution >= 4 is 12.1 Å². The fourth-order valence-corrected chi connectivity index (χ4v) is 2.93. The van der Waals surface area contributed by atoms with Gasteiger partial charge in [-0.3, -0.25) is 4.79 Å². The molecule has 8 nitrogen and oxygen atoms in total. The summed E-state index contributed by atoms with van der Waals surface area (Å²) in [4.78, 5) is 12.3. The van der Waals surface area contributed by atoms with E-state index in [-0.39, 0.29) is 17.7 Å². The highest BCUT2D eigenvalue weighted by Crippen LogP contribution is 2.26. The number of ether oxygens (including phenoxy) is 2. The Morgan fingerprint density at radius 3 is 2.79 bits per heavy atom. The van der Waals surface area contributed by atoms with Gasteiger partial charge in [0.25, 0.3) is 5.91 Å². The Labute approximate surface area is 163 Å². The molecule has 0 radical (unpaired) electrons. The van der Waals surface area contributed by atoms with E-state index in [1.54, 1.807) is 12.1 Å². The summed E-state index contributed by atoms with van der Waals surface area (Å²) < 4.78 is 10.5. The van der Waals surface area contributed by atoms with Gasteiger partial charge in [0, 0.05) is 6.04 Å². The van der Waals surface area contributed by atoms with Crippen molar-refractivity contribution < 1.29 is 19.4 Å². The summed E-state index contributed by atoms with van der Waals surface area (Å²) in [5.74, 6) is 0.981. The van der Waals surface area contributed by atoms with Crippen LogP contribution in [0.3, 0.4) is 0 Å². The second-order valence-corrected chi connectivity index (χ2v) is 6.30. The Kier molecular flexibility index (Phi) is 6.46. The van der Waals surface area contributed by atoms with Crippen LogP contribution in [-0.4, -0.2) is 37.0 Å². The van der Waals surface area contributed by atoms with Crippen molar-refractivity contribution in [2.24, 2.45) is 5.10 Å². The van der Waals surface area contributed by atoms with Crippen molar-refractivity contribution in [3.63, 3.8) is 0 Å². The van der Waals surface area contributed by atoms with E-state index in [1.165, 1.54) is 19.4 Å². The van der Waals surface area contributed by atoms with Crippen LogP contribution in [0.4, 0.5) is 0 Å². The average Bonchev–Trinajstić information content (AvgIpc) is 3.20. The third-order valence-electron chi connectivity index (χ3n) is 4.41. The quantitative estimate of drug-likeness (QED) is 0.429. The largest absolute Gasteiger partial charge is 0.504 e. The van der Waals surface area contributed by atoms with E-state index >= 15 is 0 Å². The summed E-state index contributed by atoms with van der Waals surface area (Å²) >= 11 is 0. The fraction of sp³-hybridized carbons (Fsp3) is 0.300. The predicted molar refractivity (Wildman–Crippen MR) is 105 cm³/mol. The van der Waals surface area contributed by atoms with E-state index < -0.39 is 6.04 Å². The molecule has 1 saturated heterocycles. The van der Waals surface area contributed by atoms with Crippen LogP contribution in [0, 0.1) is 0 Å². The van der Waals surface area contributed by atoms with Crippen molar-refractivity contribution in [2.45, 2.75) is 25.4 Å². The molecule has 28 heavy (non-hydrogen) atoms. The van der Waals surface area contributed by atoms with E-state index in [0.717, 1.165) is 11.3 Å². The lowest BCUT2D eigenvalue weighted by Gasteiger charge is -2.10. The molecule has 2 aromatic carbocycles. The number of phenols is 1. The number of hydrogen-bond acceptors (Lipinski definition) is 7. The van der Waals surface area contributed by atoms with Crippen LogP contribution in [0.5, 0.6) is 17.2 Å². The predicted octanol–water partition coefficient (Wildman–Crippen LogP) is 1.86. The number of amides is 1. The normalized spacial score (nSPS) is 18.9.